The van der Waals surface area contributed by atoms with Crippen LogP contribution in [0.15, 0.2) is 60.9 Å². The van der Waals surface area contributed by atoms with E-state index in [2.05, 4.69) is 15.6 Å². The third-order valence-electron chi connectivity index (χ3n) is 3.79. The normalized spacial score (nSPS) is 10.2. The highest BCUT2D eigenvalue weighted by molar-refractivity contribution is 6.08. The van der Waals surface area contributed by atoms with Crippen LogP contribution in [0, 0.1) is 11.6 Å². The molecule has 0 saturated heterocycles. The van der Waals surface area contributed by atoms with Gasteiger partial charge >= 0.3 is 0 Å². The Bertz CT molecular complexity index is 1020. The van der Waals surface area contributed by atoms with Crippen molar-refractivity contribution in [2.45, 2.75) is 0 Å². The summed E-state index contributed by atoms with van der Waals surface area (Å²) >= 11 is 0. The molecule has 0 fully saturated rings. The molecule has 142 valence electrons. The maximum absolute atomic E-state index is 13.3. The van der Waals surface area contributed by atoms with Crippen LogP contribution in [0.5, 0.6) is 5.75 Å². The molecule has 0 saturated carbocycles. The molecule has 2 amide bonds. The van der Waals surface area contributed by atoms with Crippen LogP contribution in [-0.2, 0) is 0 Å². The third kappa shape index (κ3) is 4.47. The van der Waals surface area contributed by atoms with Crippen molar-refractivity contribution in [3.05, 3.63) is 83.7 Å². The summed E-state index contributed by atoms with van der Waals surface area (Å²) in [5, 5.41) is 5.11. The first kappa shape index (κ1) is 19.0. The van der Waals surface area contributed by atoms with E-state index in [1.807, 2.05) is 0 Å². The zero-order valence-corrected chi connectivity index (χ0v) is 14.7. The molecule has 0 unspecified atom stereocenters. The van der Waals surface area contributed by atoms with Gasteiger partial charge < -0.3 is 15.4 Å². The number of nitrogens with one attached hydrogen (secondary N) is 2. The number of benzene rings is 2. The number of hydrogen-bond donors (Lipinski definition) is 2. The SMILES string of the molecule is COc1ccc(NC(=O)c2cncc(C(=O)Nc3ccc(F)c(F)c3)c2)cc1. The monoisotopic (exact) mass is 383 g/mol. The molecule has 2 aromatic carbocycles. The molecule has 0 aliphatic heterocycles. The Kier molecular flexibility index (Phi) is 5.59. The largest absolute Gasteiger partial charge is 0.497 e. The van der Waals surface area contributed by atoms with Gasteiger partial charge in [-0.2, -0.15) is 0 Å². The second kappa shape index (κ2) is 8.26. The Hall–Kier alpha value is -3.81. The number of carbonyl (C=O) groups excluding carboxylic acids is 2. The van der Waals surface area contributed by atoms with Crippen molar-refractivity contribution in [2.75, 3.05) is 17.7 Å². The van der Waals surface area contributed by atoms with Gasteiger partial charge in [0.2, 0.25) is 0 Å². The number of pyridine rings is 1. The molecule has 6 nitrogen and oxygen atoms in total. The van der Waals surface area contributed by atoms with Crippen LogP contribution in [0.2, 0.25) is 0 Å². The van der Waals surface area contributed by atoms with E-state index in [1.165, 1.54) is 31.6 Å². The van der Waals surface area contributed by atoms with E-state index in [0.717, 1.165) is 12.1 Å². The first-order valence-electron chi connectivity index (χ1n) is 8.13. The number of nitrogens with zero attached hydrogens (tertiary/aromatic N) is 1. The summed E-state index contributed by atoms with van der Waals surface area (Å²) in [7, 11) is 1.54. The van der Waals surface area contributed by atoms with Crippen LogP contribution in [-0.4, -0.2) is 23.9 Å². The first-order valence-corrected chi connectivity index (χ1v) is 8.13. The molecular formula is C20H15F2N3O3. The Morgan fingerprint density at radius 2 is 1.39 bits per heavy atom. The van der Waals surface area contributed by atoms with E-state index in [-0.39, 0.29) is 16.8 Å². The van der Waals surface area contributed by atoms with Gasteiger partial charge in [-0.1, -0.05) is 0 Å². The van der Waals surface area contributed by atoms with Crippen molar-refractivity contribution < 1.29 is 23.1 Å². The van der Waals surface area contributed by atoms with Gasteiger partial charge in [0.05, 0.1) is 18.2 Å². The molecular weight excluding hydrogens is 368 g/mol. The molecule has 0 atom stereocenters. The number of methoxy groups -OCH3 is 1. The lowest BCUT2D eigenvalue weighted by Crippen LogP contribution is -2.16. The summed E-state index contributed by atoms with van der Waals surface area (Å²) in [6.07, 6.45) is 2.58. The molecule has 3 aromatic rings. The van der Waals surface area contributed by atoms with E-state index in [9.17, 15) is 18.4 Å². The molecule has 0 aliphatic carbocycles. The summed E-state index contributed by atoms with van der Waals surface area (Å²) in [4.78, 5) is 28.6. The topological polar surface area (TPSA) is 80.3 Å². The van der Waals surface area contributed by atoms with Crippen LogP contribution in [0.3, 0.4) is 0 Å². The lowest BCUT2D eigenvalue weighted by molar-refractivity contribution is 0.102. The third-order valence-corrected chi connectivity index (χ3v) is 3.79. The smallest absolute Gasteiger partial charge is 0.257 e. The second-order valence-electron chi connectivity index (χ2n) is 5.73. The molecule has 2 N–H and O–H groups in total. The van der Waals surface area contributed by atoms with Gasteiger partial charge in [-0.05, 0) is 42.5 Å². The van der Waals surface area contributed by atoms with Crippen molar-refractivity contribution >= 4 is 23.2 Å². The standard InChI is InChI=1S/C20H15F2N3O3/c1-28-16-5-2-14(3-6-16)24-19(26)12-8-13(11-23-10-12)20(27)25-15-4-7-17(21)18(22)9-15/h2-11H,1H3,(H,24,26)(H,25,27). The van der Waals surface area contributed by atoms with Gasteiger partial charge in [0, 0.05) is 29.8 Å². The van der Waals surface area contributed by atoms with Gasteiger partial charge in [-0.15, -0.1) is 0 Å². The van der Waals surface area contributed by atoms with Gasteiger partial charge in [-0.25, -0.2) is 8.78 Å². The molecule has 28 heavy (non-hydrogen) atoms. The van der Waals surface area contributed by atoms with Gasteiger partial charge in [-0.3, -0.25) is 14.6 Å². The van der Waals surface area contributed by atoms with Crippen molar-refractivity contribution in [1.82, 2.24) is 4.98 Å². The maximum atomic E-state index is 13.3. The lowest BCUT2D eigenvalue weighted by Gasteiger charge is -2.08. The number of ether oxygens (including phenoxy) is 1. The van der Waals surface area contributed by atoms with Crippen LogP contribution in [0.25, 0.3) is 0 Å². The lowest BCUT2D eigenvalue weighted by atomic mass is 10.1. The zero-order chi connectivity index (χ0) is 20.1. The second-order valence-corrected chi connectivity index (χ2v) is 5.73. The fourth-order valence-corrected chi connectivity index (χ4v) is 2.34. The van der Waals surface area contributed by atoms with Gasteiger partial charge in [0.15, 0.2) is 11.6 Å². The van der Waals surface area contributed by atoms with Gasteiger partial charge in [0.25, 0.3) is 11.8 Å². The minimum Gasteiger partial charge on any atom is -0.497 e. The van der Waals surface area contributed by atoms with Crippen molar-refractivity contribution in [2.24, 2.45) is 0 Å². The van der Waals surface area contributed by atoms with E-state index in [4.69, 9.17) is 4.74 Å². The Morgan fingerprint density at radius 1 is 0.821 bits per heavy atom. The van der Waals surface area contributed by atoms with Crippen molar-refractivity contribution in [3.63, 3.8) is 0 Å². The highest BCUT2D eigenvalue weighted by Gasteiger charge is 2.13. The van der Waals surface area contributed by atoms with E-state index in [0.29, 0.717) is 11.4 Å². The number of hydrogen-bond acceptors (Lipinski definition) is 4. The first-order chi connectivity index (χ1) is 13.5. The number of amides is 2. The average molecular weight is 383 g/mol. The molecule has 1 aromatic heterocycles. The minimum atomic E-state index is -1.08. The summed E-state index contributed by atoms with van der Waals surface area (Å²) in [5.74, 6) is -2.52. The molecule has 0 spiro atoms. The fraction of sp³-hybridized carbons (Fsp3) is 0.0500. The maximum Gasteiger partial charge on any atom is 0.257 e. The van der Waals surface area contributed by atoms with E-state index < -0.39 is 23.4 Å². The van der Waals surface area contributed by atoms with Crippen LogP contribution >= 0.6 is 0 Å². The number of anilines is 2. The average Bonchev–Trinajstić information content (AvgIpc) is 2.71. The summed E-state index contributed by atoms with van der Waals surface area (Å²) in [5.41, 5.74) is 0.875. The van der Waals surface area contributed by atoms with Crippen LogP contribution < -0.4 is 15.4 Å². The summed E-state index contributed by atoms with van der Waals surface area (Å²) in [6, 6.07) is 11.1. The zero-order valence-electron chi connectivity index (χ0n) is 14.7. The van der Waals surface area contributed by atoms with Crippen LogP contribution in [0.1, 0.15) is 20.7 Å². The van der Waals surface area contributed by atoms with E-state index in [1.54, 1.807) is 24.3 Å². The van der Waals surface area contributed by atoms with E-state index >= 15 is 0 Å². The molecule has 8 heteroatoms. The quantitative estimate of drug-likeness (QED) is 0.701. The number of halogens is 2. The Balaban J connectivity index is 1.72. The number of carbonyl (C=O) groups is 2. The molecule has 1 heterocycles. The molecule has 0 bridgehead atoms. The summed E-state index contributed by atoms with van der Waals surface area (Å²) in [6.45, 7) is 0. The Labute approximate surface area is 159 Å². The van der Waals surface area contributed by atoms with Gasteiger partial charge in [0.1, 0.15) is 5.75 Å². The molecule has 0 radical (unpaired) electrons. The van der Waals surface area contributed by atoms with Crippen LogP contribution in [0.4, 0.5) is 20.2 Å². The predicted molar refractivity (Wildman–Crippen MR) is 99.5 cm³/mol. The minimum absolute atomic E-state index is 0.0805. The fourth-order valence-electron chi connectivity index (χ4n) is 2.34. The Morgan fingerprint density at radius 3 is 1.96 bits per heavy atom. The highest BCUT2D eigenvalue weighted by Crippen LogP contribution is 2.17. The number of rotatable bonds is 5. The number of aromatic nitrogens is 1. The molecule has 3 rings (SSSR count). The summed E-state index contributed by atoms with van der Waals surface area (Å²) < 4.78 is 31.3. The molecule has 0 aliphatic rings. The highest BCUT2D eigenvalue weighted by atomic mass is 19.2. The van der Waals surface area contributed by atoms with Crippen molar-refractivity contribution in [1.29, 1.82) is 0 Å². The van der Waals surface area contributed by atoms with Crippen molar-refractivity contribution in [3.8, 4) is 5.75 Å². The predicted octanol–water partition coefficient (Wildman–Crippen LogP) is 3.87.